The van der Waals surface area contributed by atoms with E-state index in [1.54, 1.807) is 24.3 Å². The standard InChI is InChI=1S/C21H25FN2O3S/c22-18-8-12-20(13-9-18)28(26,27)24-19-10-6-16(7-11-19)14-21(25)23-15-17-4-2-1-3-5-17/h6-13,17,24H,1-5,14-15H2,(H,23,25). The molecule has 0 aromatic heterocycles. The van der Waals surface area contributed by atoms with Crippen molar-refractivity contribution in [1.29, 1.82) is 0 Å². The maximum Gasteiger partial charge on any atom is 0.261 e. The Balaban J connectivity index is 1.52. The van der Waals surface area contributed by atoms with Crippen molar-refractivity contribution in [2.75, 3.05) is 11.3 Å². The largest absolute Gasteiger partial charge is 0.356 e. The van der Waals surface area contributed by atoms with E-state index in [1.165, 1.54) is 44.2 Å². The van der Waals surface area contributed by atoms with Gasteiger partial charge in [-0.2, -0.15) is 0 Å². The van der Waals surface area contributed by atoms with Crippen molar-refractivity contribution in [3.8, 4) is 0 Å². The summed E-state index contributed by atoms with van der Waals surface area (Å²) in [6.45, 7) is 0.731. The fourth-order valence-corrected chi connectivity index (χ4v) is 4.47. The molecule has 0 atom stereocenters. The lowest BCUT2D eigenvalue weighted by Gasteiger charge is -2.21. The monoisotopic (exact) mass is 404 g/mol. The number of amides is 1. The molecule has 1 amide bonds. The summed E-state index contributed by atoms with van der Waals surface area (Å²) in [5.74, 6) is 0.0660. The first-order chi connectivity index (χ1) is 13.4. The van der Waals surface area contributed by atoms with E-state index in [4.69, 9.17) is 0 Å². The van der Waals surface area contributed by atoms with Gasteiger partial charge >= 0.3 is 0 Å². The lowest BCUT2D eigenvalue weighted by Crippen LogP contribution is -2.31. The summed E-state index contributed by atoms with van der Waals surface area (Å²) in [4.78, 5) is 12.1. The van der Waals surface area contributed by atoms with Gasteiger partial charge in [0.1, 0.15) is 5.82 Å². The second-order valence-corrected chi connectivity index (χ2v) is 8.92. The van der Waals surface area contributed by atoms with Crippen LogP contribution in [0.15, 0.2) is 53.4 Å². The topological polar surface area (TPSA) is 75.3 Å². The number of hydrogen-bond acceptors (Lipinski definition) is 3. The van der Waals surface area contributed by atoms with Crippen LogP contribution in [-0.4, -0.2) is 20.9 Å². The van der Waals surface area contributed by atoms with E-state index in [1.807, 2.05) is 0 Å². The molecule has 3 rings (SSSR count). The minimum absolute atomic E-state index is 0.0138. The zero-order valence-electron chi connectivity index (χ0n) is 15.7. The molecule has 0 spiro atoms. The predicted molar refractivity (Wildman–Crippen MR) is 107 cm³/mol. The van der Waals surface area contributed by atoms with E-state index in [9.17, 15) is 17.6 Å². The number of hydrogen-bond donors (Lipinski definition) is 2. The van der Waals surface area contributed by atoms with E-state index >= 15 is 0 Å². The first-order valence-electron chi connectivity index (χ1n) is 9.56. The Morgan fingerprint density at radius 3 is 2.25 bits per heavy atom. The van der Waals surface area contributed by atoms with Crippen LogP contribution in [0.2, 0.25) is 0 Å². The fourth-order valence-electron chi connectivity index (χ4n) is 3.42. The third-order valence-corrected chi connectivity index (χ3v) is 6.40. The third-order valence-electron chi connectivity index (χ3n) is 5.01. The summed E-state index contributed by atoms with van der Waals surface area (Å²) in [5.41, 5.74) is 1.20. The molecule has 0 radical (unpaired) electrons. The molecule has 1 aliphatic carbocycles. The summed E-state index contributed by atoms with van der Waals surface area (Å²) in [6, 6.07) is 11.3. The number of benzene rings is 2. The minimum Gasteiger partial charge on any atom is -0.356 e. The normalized spacial score (nSPS) is 15.2. The van der Waals surface area contributed by atoms with Crippen LogP contribution in [0.25, 0.3) is 0 Å². The van der Waals surface area contributed by atoms with Crippen molar-refractivity contribution < 1.29 is 17.6 Å². The summed E-state index contributed by atoms with van der Waals surface area (Å²) >= 11 is 0. The van der Waals surface area contributed by atoms with Crippen molar-refractivity contribution in [3.05, 3.63) is 59.9 Å². The Morgan fingerprint density at radius 1 is 0.964 bits per heavy atom. The van der Waals surface area contributed by atoms with E-state index in [-0.39, 0.29) is 17.2 Å². The Morgan fingerprint density at radius 2 is 1.61 bits per heavy atom. The number of rotatable bonds is 7. The van der Waals surface area contributed by atoms with Crippen molar-refractivity contribution in [2.45, 2.75) is 43.4 Å². The van der Waals surface area contributed by atoms with Crippen molar-refractivity contribution in [2.24, 2.45) is 5.92 Å². The first-order valence-corrected chi connectivity index (χ1v) is 11.0. The molecule has 1 aliphatic rings. The Labute approximate surface area is 165 Å². The summed E-state index contributed by atoms with van der Waals surface area (Å²) in [7, 11) is -3.78. The quantitative estimate of drug-likeness (QED) is 0.736. The minimum atomic E-state index is -3.78. The molecule has 1 saturated carbocycles. The van der Waals surface area contributed by atoms with E-state index in [2.05, 4.69) is 10.0 Å². The van der Waals surface area contributed by atoms with Gasteiger partial charge in [-0.05, 0) is 60.7 Å². The maximum absolute atomic E-state index is 13.0. The van der Waals surface area contributed by atoms with Gasteiger partial charge in [-0.1, -0.05) is 31.4 Å². The summed E-state index contributed by atoms with van der Waals surface area (Å²) < 4.78 is 40.0. The smallest absolute Gasteiger partial charge is 0.261 e. The van der Waals surface area contributed by atoms with Gasteiger partial charge in [0, 0.05) is 12.2 Å². The van der Waals surface area contributed by atoms with Crippen molar-refractivity contribution in [3.63, 3.8) is 0 Å². The molecule has 150 valence electrons. The second-order valence-electron chi connectivity index (χ2n) is 7.24. The van der Waals surface area contributed by atoms with E-state index in [0.717, 1.165) is 24.2 Å². The van der Waals surface area contributed by atoms with Crippen LogP contribution >= 0.6 is 0 Å². The molecule has 0 aliphatic heterocycles. The second kappa shape index (κ2) is 9.19. The molecular weight excluding hydrogens is 379 g/mol. The molecular formula is C21H25FN2O3S. The van der Waals surface area contributed by atoms with Crippen LogP contribution in [0.5, 0.6) is 0 Å². The van der Waals surface area contributed by atoms with Gasteiger partial charge in [0.2, 0.25) is 5.91 Å². The number of sulfonamides is 1. The number of halogens is 1. The zero-order valence-corrected chi connectivity index (χ0v) is 16.5. The number of anilines is 1. The molecule has 2 aromatic carbocycles. The molecule has 2 N–H and O–H groups in total. The Hall–Kier alpha value is -2.41. The molecule has 1 fully saturated rings. The SMILES string of the molecule is O=C(Cc1ccc(NS(=O)(=O)c2ccc(F)cc2)cc1)NCC1CCCCC1. The molecule has 0 saturated heterocycles. The van der Waals surface area contributed by atoms with Crippen LogP contribution in [0, 0.1) is 11.7 Å². The van der Waals surface area contributed by atoms with Gasteiger partial charge < -0.3 is 5.32 Å². The average molecular weight is 405 g/mol. The zero-order chi connectivity index (χ0) is 20.0. The summed E-state index contributed by atoms with van der Waals surface area (Å²) in [5, 5.41) is 3.00. The van der Waals surface area contributed by atoms with Gasteiger partial charge in [0.15, 0.2) is 0 Å². The molecule has 0 heterocycles. The third kappa shape index (κ3) is 5.79. The summed E-state index contributed by atoms with van der Waals surface area (Å²) in [6.07, 6.45) is 6.41. The molecule has 7 heteroatoms. The highest BCUT2D eigenvalue weighted by Crippen LogP contribution is 2.23. The lowest BCUT2D eigenvalue weighted by molar-refractivity contribution is -0.120. The Kier molecular flexibility index (Phi) is 6.67. The van der Waals surface area contributed by atoms with Crippen LogP contribution in [-0.2, 0) is 21.2 Å². The van der Waals surface area contributed by atoms with Gasteiger partial charge in [0.25, 0.3) is 10.0 Å². The lowest BCUT2D eigenvalue weighted by atomic mass is 9.89. The van der Waals surface area contributed by atoms with Crippen LogP contribution in [0.3, 0.4) is 0 Å². The van der Waals surface area contributed by atoms with Crippen LogP contribution in [0.1, 0.15) is 37.7 Å². The van der Waals surface area contributed by atoms with Gasteiger partial charge in [-0.15, -0.1) is 0 Å². The number of nitrogens with one attached hydrogen (secondary N) is 2. The number of carbonyl (C=O) groups is 1. The van der Waals surface area contributed by atoms with Gasteiger partial charge in [-0.25, -0.2) is 12.8 Å². The number of carbonyl (C=O) groups excluding carboxylic acids is 1. The molecule has 2 aromatic rings. The average Bonchev–Trinajstić information content (AvgIpc) is 2.69. The van der Waals surface area contributed by atoms with Gasteiger partial charge in [-0.3, -0.25) is 9.52 Å². The maximum atomic E-state index is 13.0. The Bertz CT molecular complexity index is 890. The van der Waals surface area contributed by atoms with E-state index in [0.29, 0.717) is 11.6 Å². The fraction of sp³-hybridized carbons (Fsp3) is 0.381. The van der Waals surface area contributed by atoms with Crippen LogP contribution in [0.4, 0.5) is 10.1 Å². The van der Waals surface area contributed by atoms with Crippen molar-refractivity contribution >= 4 is 21.6 Å². The molecule has 0 bridgehead atoms. The first kappa shape index (κ1) is 20.3. The molecule has 28 heavy (non-hydrogen) atoms. The highest BCUT2D eigenvalue weighted by molar-refractivity contribution is 7.92. The predicted octanol–water partition coefficient (Wildman–Crippen LogP) is 3.87. The van der Waals surface area contributed by atoms with Crippen LogP contribution < -0.4 is 10.0 Å². The highest BCUT2D eigenvalue weighted by Gasteiger charge is 2.15. The highest BCUT2D eigenvalue weighted by atomic mass is 32.2. The van der Waals surface area contributed by atoms with E-state index < -0.39 is 15.8 Å². The van der Waals surface area contributed by atoms with Gasteiger partial charge in [0.05, 0.1) is 11.3 Å². The van der Waals surface area contributed by atoms with Crippen molar-refractivity contribution in [1.82, 2.24) is 5.32 Å². The molecule has 5 nitrogen and oxygen atoms in total. The molecule has 0 unspecified atom stereocenters.